The van der Waals surface area contributed by atoms with E-state index in [0.29, 0.717) is 12.0 Å². The van der Waals surface area contributed by atoms with Gasteiger partial charge < -0.3 is 15.2 Å². The lowest BCUT2D eigenvalue weighted by Gasteiger charge is -2.18. The molecule has 0 aromatic carbocycles. The first kappa shape index (κ1) is 13.9. The first-order valence-corrected chi connectivity index (χ1v) is 6.68. The molecule has 0 bridgehead atoms. The highest BCUT2D eigenvalue weighted by Crippen LogP contribution is 2.28. The molecule has 0 aliphatic heterocycles. The first-order chi connectivity index (χ1) is 7.77. The van der Waals surface area contributed by atoms with Gasteiger partial charge in [-0.15, -0.1) is 0 Å². The zero-order valence-electron chi connectivity index (χ0n) is 10.7. The van der Waals surface area contributed by atoms with Crippen molar-refractivity contribution >= 4 is 0 Å². The second-order valence-corrected chi connectivity index (χ2v) is 4.92. The van der Waals surface area contributed by atoms with Crippen LogP contribution in [0.5, 0.6) is 0 Å². The maximum atomic E-state index is 9.69. The number of rotatable bonds is 8. The minimum absolute atomic E-state index is 0.0269. The second kappa shape index (κ2) is 8.04. The van der Waals surface area contributed by atoms with Crippen LogP contribution in [0, 0.1) is 5.92 Å². The normalized spacial score (nSPS) is 27.2. The standard InChI is InChI=1S/C13H27NO2/c1-3-12(10-16-2)14-9-5-7-11-6-4-8-13(11)15/h11-15H,3-10H2,1-2H3. The largest absolute Gasteiger partial charge is 0.393 e. The lowest BCUT2D eigenvalue weighted by atomic mass is 9.99. The Balaban J connectivity index is 2.02. The van der Waals surface area contributed by atoms with Gasteiger partial charge in [-0.2, -0.15) is 0 Å². The van der Waals surface area contributed by atoms with Crippen LogP contribution in [-0.2, 0) is 4.74 Å². The molecule has 1 rings (SSSR count). The molecule has 1 saturated carbocycles. The van der Waals surface area contributed by atoms with E-state index in [2.05, 4.69) is 12.2 Å². The highest BCUT2D eigenvalue weighted by Gasteiger charge is 2.24. The van der Waals surface area contributed by atoms with Gasteiger partial charge in [0, 0.05) is 13.2 Å². The quantitative estimate of drug-likeness (QED) is 0.625. The topological polar surface area (TPSA) is 41.5 Å². The van der Waals surface area contributed by atoms with Crippen LogP contribution < -0.4 is 5.32 Å². The Labute approximate surface area is 99.6 Å². The molecule has 0 heterocycles. The summed E-state index contributed by atoms with van der Waals surface area (Å²) in [5, 5.41) is 13.2. The molecule has 16 heavy (non-hydrogen) atoms. The summed E-state index contributed by atoms with van der Waals surface area (Å²) in [6.45, 7) is 4.02. The molecule has 96 valence electrons. The lowest BCUT2D eigenvalue weighted by Crippen LogP contribution is -2.33. The van der Waals surface area contributed by atoms with Crippen LogP contribution in [0.3, 0.4) is 0 Å². The highest BCUT2D eigenvalue weighted by molar-refractivity contribution is 4.76. The van der Waals surface area contributed by atoms with Crippen LogP contribution in [0.2, 0.25) is 0 Å². The molecule has 3 heteroatoms. The molecular formula is C13H27NO2. The molecule has 0 spiro atoms. The maximum Gasteiger partial charge on any atom is 0.0615 e. The molecular weight excluding hydrogens is 202 g/mol. The zero-order valence-corrected chi connectivity index (χ0v) is 10.7. The van der Waals surface area contributed by atoms with Crippen LogP contribution in [0.25, 0.3) is 0 Å². The maximum absolute atomic E-state index is 9.69. The van der Waals surface area contributed by atoms with E-state index in [0.717, 1.165) is 32.4 Å². The smallest absolute Gasteiger partial charge is 0.0615 e. The summed E-state index contributed by atoms with van der Waals surface area (Å²) in [5.74, 6) is 0.560. The van der Waals surface area contributed by atoms with Crippen molar-refractivity contribution in [3.8, 4) is 0 Å². The van der Waals surface area contributed by atoms with Gasteiger partial charge in [0.1, 0.15) is 0 Å². The Hall–Kier alpha value is -0.120. The summed E-state index contributed by atoms with van der Waals surface area (Å²) < 4.78 is 5.14. The monoisotopic (exact) mass is 229 g/mol. The summed E-state index contributed by atoms with van der Waals surface area (Å²) in [6.07, 6.45) is 6.86. The average Bonchev–Trinajstić information content (AvgIpc) is 2.69. The van der Waals surface area contributed by atoms with Crippen molar-refractivity contribution in [2.24, 2.45) is 5.92 Å². The van der Waals surface area contributed by atoms with Gasteiger partial charge in [-0.3, -0.25) is 0 Å². The van der Waals surface area contributed by atoms with Gasteiger partial charge in [0.2, 0.25) is 0 Å². The third-order valence-electron chi connectivity index (χ3n) is 3.66. The molecule has 0 aromatic heterocycles. The average molecular weight is 229 g/mol. The lowest BCUT2D eigenvalue weighted by molar-refractivity contribution is 0.125. The number of aliphatic hydroxyl groups excluding tert-OH is 1. The van der Waals surface area contributed by atoms with Crippen molar-refractivity contribution in [3.63, 3.8) is 0 Å². The molecule has 0 radical (unpaired) electrons. The summed E-state index contributed by atoms with van der Waals surface area (Å²) in [5.41, 5.74) is 0. The molecule has 0 amide bonds. The predicted molar refractivity (Wildman–Crippen MR) is 66.5 cm³/mol. The Morgan fingerprint density at radius 2 is 2.25 bits per heavy atom. The number of hydrogen-bond donors (Lipinski definition) is 2. The second-order valence-electron chi connectivity index (χ2n) is 4.92. The van der Waals surface area contributed by atoms with Gasteiger partial charge in [0.25, 0.3) is 0 Å². The van der Waals surface area contributed by atoms with E-state index in [9.17, 15) is 5.11 Å². The van der Waals surface area contributed by atoms with Gasteiger partial charge in [0.05, 0.1) is 12.7 Å². The molecule has 3 atom stereocenters. The van der Waals surface area contributed by atoms with Crippen LogP contribution in [0.1, 0.15) is 45.4 Å². The number of aliphatic hydroxyl groups is 1. The van der Waals surface area contributed by atoms with Crippen LogP contribution in [0.4, 0.5) is 0 Å². The molecule has 1 aliphatic rings. The molecule has 1 aliphatic carbocycles. The minimum atomic E-state index is -0.0269. The van der Waals surface area contributed by atoms with Crippen molar-refractivity contribution < 1.29 is 9.84 Å². The van der Waals surface area contributed by atoms with Gasteiger partial charge in [-0.1, -0.05) is 13.3 Å². The van der Waals surface area contributed by atoms with E-state index in [1.165, 1.54) is 19.3 Å². The number of hydrogen-bond acceptors (Lipinski definition) is 3. The van der Waals surface area contributed by atoms with E-state index in [4.69, 9.17) is 4.74 Å². The predicted octanol–water partition coefficient (Wildman–Crippen LogP) is 1.94. The van der Waals surface area contributed by atoms with Crippen molar-refractivity contribution in [3.05, 3.63) is 0 Å². The third-order valence-corrected chi connectivity index (χ3v) is 3.66. The van der Waals surface area contributed by atoms with E-state index < -0.39 is 0 Å². The Morgan fingerprint density at radius 3 is 2.81 bits per heavy atom. The van der Waals surface area contributed by atoms with Crippen molar-refractivity contribution in [2.45, 2.75) is 57.6 Å². The van der Waals surface area contributed by atoms with Crippen LogP contribution >= 0.6 is 0 Å². The van der Waals surface area contributed by atoms with Gasteiger partial charge in [-0.05, 0) is 44.6 Å². The van der Waals surface area contributed by atoms with Crippen LogP contribution in [-0.4, -0.2) is 37.5 Å². The molecule has 0 saturated heterocycles. The third kappa shape index (κ3) is 4.81. The summed E-state index contributed by atoms with van der Waals surface area (Å²) in [4.78, 5) is 0. The summed E-state index contributed by atoms with van der Waals surface area (Å²) >= 11 is 0. The Bertz CT molecular complexity index is 175. The van der Waals surface area contributed by atoms with Crippen molar-refractivity contribution in [1.29, 1.82) is 0 Å². The molecule has 3 nitrogen and oxygen atoms in total. The van der Waals surface area contributed by atoms with E-state index in [-0.39, 0.29) is 6.10 Å². The zero-order chi connectivity index (χ0) is 11.8. The highest BCUT2D eigenvalue weighted by atomic mass is 16.5. The van der Waals surface area contributed by atoms with Crippen molar-refractivity contribution in [1.82, 2.24) is 5.32 Å². The summed E-state index contributed by atoms with van der Waals surface area (Å²) in [6, 6.07) is 0.485. The Morgan fingerprint density at radius 1 is 1.44 bits per heavy atom. The number of methoxy groups -OCH3 is 1. The van der Waals surface area contributed by atoms with Crippen LogP contribution in [0.15, 0.2) is 0 Å². The summed E-state index contributed by atoms with van der Waals surface area (Å²) in [7, 11) is 1.75. The van der Waals surface area contributed by atoms with E-state index >= 15 is 0 Å². The van der Waals surface area contributed by atoms with Gasteiger partial charge >= 0.3 is 0 Å². The molecule has 1 fully saturated rings. The fourth-order valence-corrected chi connectivity index (χ4v) is 2.55. The fourth-order valence-electron chi connectivity index (χ4n) is 2.55. The molecule has 0 aromatic rings. The first-order valence-electron chi connectivity index (χ1n) is 6.68. The SMILES string of the molecule is CCC(COC)NCCCC1CCCC1O. The molecule has 3 unspecified atom stereocenters. The van der Waals surface area contributed by atoms with Gasteiger partial charge in [-0.25, -0.2) is 0 Å². The van der Waals surface area contributed by atoms with E-state index in [1.54, 1.807) is 7.11 Å². The number of nitrogens with one attached hydrogen (secondary N) is 1. The minimum Gasteiger partial charge on any atom is -0.393 e. The fraction of sp³-hybridized carbons (Fsp3) is 1.00. The molecule has 2 N–H and O–H groups in total. The van der Waals surface area contributed by atoms with E-state index in [1.807, 2.05) is 0 Å². The number of ether oxygens (including phenoxy) is 1. The van der Waals surface area contributed by atoms with Crippen molar-refractivity contribution in [2.75, 3.05) is 20.3 Å². The Kier molecular flexibility index (Phi) is 7.01. The van der Waals surface area contributed by atoms with Gasteiger partial charge in [0.15, 0.2) is 0 Å².